The number of benzene rings is 3. The van der Waals surface area contributed by atoms with Crippen molar-refractivity contribution in [1.29, 1.82) is 0 Å². The quantitative estimate of drug-likeness (QED) is 0.486. The van der Waals surface area contributed by atoms with Gasteiger partial charge in [0.1, 0.15) is 11.5 Å². The van der Waals surface area contributed by atoms with Crippen molar-refractivity contribution in [1.82, 2.24) is 5.43 Å². The van der Waals surface area contributed by atoms with Crippen molar-refractivity contribution in [3.05, 3.63) is 71.2 Å². The zero-order valence-corrected chi connectivity index (χ0v) is 15.6. The maximum atomic E-state index is 12.0. The van der Waals surface area contributed by atoms with Crippen LogP contribution in [0.5, 0.6) is 11.5 Å². The molecule has 6 heteroatoms. The van der Waals surface area contributed by atoms with Crippen LogP contribution in [0.3, 0.4) is 0 Å². The van der Waals surface area contributed by atoms with Crippen LogP contribution < -0.4 is 14.9 Å². The second kappa shape index (κ2) is 9.05. The number of nitrogens with zero attached hydrogens (tertiary/aromatic N) is 1. The van der Waals surface area contributed by atoms with Crippen molar-refractivity contribution in [2.75, 3.05) is 13.2 Å². The Kier molecular flexibility index (Phi) is 6.28. The van der Waals surface area contributed by atoms with E-state index in [0.29, 0.717) is 23.1 Å². The molecule has 0 aliphatic rings. The zero-order valence-electron chi connectivity index (χ0n) is 14.8. The Morgan fingerprint density at radius 3 is 2.63 bits per heavy atom. The fourth-order valence-electron chi connectivity index (χ4n) is 2.60. The normalized spacial score (nSPS) is 10.9. The molecular weight excluding hydrogens is 364 g/mol. The standard InChI is InChI=1S/C21H19ClN2O3/c1-2-26-19-12-11-15-7-3-4-8-16(15)17(19)13-23-24-21(25)14-27-20-10-6-5-9-18(20)22/h3-13H,2,14H2,1H3,(H,24,25)/b23-13+. The summed E-state index contributed by atoms with van der Waals surface area (Å²) < 4.78 is 11.1. The molecule has 3 rings (SSSR count). The number of ether oxygens (including phenoxy) is 2. The SMILES string of the molecule is CCOc1ccc2ccccc2c1/C=N/NC(=O)COc1ccccc1Cl. The molecule has 138 valence electrons. The highest BCUT2D eigenvalue weighted by Crippen LogP contribution is 2.26. The zero-order chi connectivity index (χ0) is 19.1. The predicted octanol–water partition coefficient (Wildman–Crippen LogP) is 4.42. The van der Waals surface area contributed by atoms with E-state index in [1.807, 2.05) is 43.3 Å². The molecule has 0 aromatic heterocycles. The second-order valence-electron chi connectivity index (χ2n) is 5.64. The predicted molar refractivity (Wildman–Crippen MR) is 108 cm³/mol. The summed E-state index contributed by atoms with van der Waals surface area (Å²) >= 11 is 5.99. The third kappa shape index (κ3) is 4.77. The molecule has 0 unspecified atom stereocenters. The molecule has 0 saturated carbocycles. The number of nitrogens with one attached hydrogen (secondary N) is 1. The first-order valence-corrected chi connectivity index (χ1v) is 8.90. The first-order chi connectivity index (χ1) is 13.2. The Morgan fingerprint density at radius 1 is 1.04 bits per heavy atom. The van der Waals surface area contributed by atoms with Gasteiger partial charge in [0.2, 0.25) is 0 Å². The van der Waals surface area contributed by atoms with Crippen LogP contribution in [0.25, 0.3) is 10.8 Å². The number of hydrogen-bond acceptors (Lipinski definition) is 4. The monoisotopic (exact) mass is 382 g/mol. The van der Waals surface area contributed by atoms with Crippen LogP contribution in [0, 0.1) is 0 Å². The fourth-order valence-corrected chi connectivity index (χ4v) is 2.79. The lowest BCUT2D eigenvalue weighted by molar-refractivity contribution is -0.123. The lowest BCUT2D eigenvalue weighted by atomic mass is 10.0. The number of hydrazone groups is 1. The molecule has 1 N–H and O–H groups in total. The van der Waals surface area contributed by atoms with Crippen LogP contribution in [-0.4, -0.2) is 25.3 Å². The topological polar surface area (TPSA) is 59.9 Å². The minimum atomic E-state index is -0.385. The molecule has 0 aliphatic heterocycles. The summed E-state index contributed by atoms with van der Waals surface area (Å²) in [6.07, 6.45) is 1.58. The van der Waals surface area contributed by atoms with E-state index >= 15 is 0 Å². The van der Waals surface area contributed by atoms with Gasteiger partial charge in [-0.2, -0.15) is 5.10 Å². The number of fused-ring (bicyclic) bond motifs is 1. The molecule has 1 amide bonds. The smallest absolute Gasteiger partial charge is 0.277 e. The minimum absolute atomic E-state index is 0.186. The average Bonchev–Trinajstić information content (AvgIpc) is 2.69. The van der Waals surface area contributed by atoms with Crippen molar-refractivity contribution in [2.45, 2.75) is 6.92 Å². The Morgan fingerprint density at radius 2 is 1.81 bits per heavy atom. The number of hydrogen-bond donors (Lipinski definition) is 1. The summed E-state index contributed by atoms with van der Waals surface area (Å²) in [7, 11) is 0. The summed E-state index contributed by atoms with van der Waals surface area (Å²) in [5.74, 6) is 0.775. The van der Waals surface area contributed by atoms with Gasteiger partial charge in [-0.25, -0.2) is 5.43 Å². The van der Waals surface area contributed by atoms with Gasteiger partial charge in [0.15, 0.2) is 6.61 Å². The maximum absolute atomic E-state index is 12.0. The molecule has 3 aromatic carbocycles. The first kappa shape index (κ1) is 18.7. The number of rotatable bonds is 7. The molecule has 0 fully saturated rings. The number of halogens is 1. The van der Waals surface area contributed by atoms with E-state index in [-0.39, 0.29) is 12.5 Å². The molecule has 0 bridgehead atoms. The maximum Gasteiger partial charge on any atom is 0.277 e. The van der Waals surface area contributed by atoms with Crippen LogP contribution in [0.2, 0.25) is 5.02 Å². The number of carbonyl (C=O) groups excluding carboxylic acids is 1. The molecule has 5 nitrogen and oxygen atoms in total. The van der Waals surface area contributed by atoms with E-state index in [1.165, 1.54) is 0 Å². The number of carbonyl (C=O) groups is 1. The van der Waals surface area contributed by atoms with Crippen molar-refractivity contribution >= 4 is 34.5 Å². The largest absolute Gasteiger partial charge is 0.493 e. The van der Waals surface area contributed by atoms with Crippen LogP contribution in [0.1, 0.15) is 12.5 Å². The van der Waals surface area contributed by atoms with E-state index in [0.717, 1.165) is 16.3 Å². The summed E-state index contributed by atoms with van der Waals surface area (Å²) in [4.78, 5) is 12.0. The third-order valence-corrected chi connectivity index (χ3v) is 4.12. The van der Waals surface area contributed by atoms with Gasteiger partial charge in [0.25, 0.3) is 5.91 Å². The molecule has 3 aromatic rings. The fraction of sp³-hybridized carbons (Fsp3) is 0.143. The van der Waals surface area contributed by atoms with Crippen molar-refractivity contribution in [2.24, 2.45) is 5.10 Å². The van der Waals surface area contributed by atoms with E-state index < -0.39 is 0 Å². The van der Waals surface area contributed by atoms with Gasteiger partial charge in [0, 0.05) is 5.56 Å². The summed E-state index contributed by atoms with van der Waals surface area (Å²) in [5.41, 5.74) is 3.27. The van der Waals surface area contributed by atoms with E-state index in [9.17, 15) is 4.79 Å². The highest BCUT2D eigenvalue weighted by molar-refractivity contribution is 6.32. The molecule has 0 radical (unpaired) electrons. The lowest BCUT2D eigenvalue weighted by Gasteiger charge is -2.10. The van der Waals surface area contributed by atoms with Crippen LogP contribution in [0.15, 0.2) is 65.8 Å². The van der Waals surface area contributed by atoms with E-state index in [4.69, 9.17) is 21.1 Å². The first-order valence-electron chi connectivity index (χ1n) is 8.53. The van der Waals surface area contributed by atoms with Crippen molar-refractivity contribution in [3.8, 4) is 11.5 Å². The lowest BCUT2D eigenvalue weighted by Crippen LogP contribution is -2.24. The van der Waals surface area contributed by atoms with Gasteiger partial charge in [-0.1, -0.05) is 54.1 Å². The number of amides is 1. The van der Waals surface area contributed by atoms with Gasteiger partial charge < -0.3 is 9.47 Å². The molecule has 0 aliphatic carbocycles. The van der Waals surface area contributed by atoms with Crippen LogP contribution in [-0.2, 0) is 4.79 Å². The molecular formula is C21H19ClN2O3. The summed E-state index contributed by atoms with van der Waals surface area (Å²) in [6, 6.07) is 18.8. The third-order valence-electron chi connectivity index (χ3n) is 3.81. The van der Waals surface area contributed by atoms with Gasteiger partial charge in [0.05, 0.1) is 17.8 Å². The Bertz CT molecular complexity index is 973. The highest BCUT2D eigenvalue weighted by Gasteiger charge is 2.08. The van der Waals surface area contributed by atoms with Crippen molar-refractivity contribution < 1.29 is 14.3 Å². The summed E-state index contributed by atoms with van der Waals surface area (Å²) in [5, 5.41) is 6.56. The summed E-state index contributed by atoms with van der Waals surface area (Å²) in [6.45, 7) is 2.27. The van der Waals surface area contributed by atoms with Crippen LogP contribution >= 0.6 is 11.6 Å². The second-order valence-corrected chi connectivity index (χ2v) is 6.05. The van der Waals surface area contributed by atoms with Gasteiger partial charge >= 0.3 is 0 Å². The van der Waals surface area contributed by atoms with E-state index in [1.54, 1.807) is 30.5 Å². The van der Waals surface area contributed by atoms with E-state index in [2.05, 4.69) is 10.5 Å². The Balaban J connectivity index is 1.69. The average molecular weight is 383 g/mol. The van der Waals surface area contributed by atoms with Gasteiger partial charge in [-0.3, -0.25) is 4.79 Å². The van der Waals surface area contributed by atoms with Crippen molar-refractivity contribution in [3.63, 3.8) is 0 Å². The van der Waals surface area contributed by atoms with Gasteiger partial charge in [-0.05, 0) is 35.9 Å². The molecule has 27 heavy (non-hydrogen) atoms. The highest BCUT2D eigenvalue weighted by atomic mass is 35.5. The minimum Gasteiger partial charge on any atom is -0.493 e. The van der Waals surface area contributed by atoms with Crippen LogP contribution in [0.4, 0.5) is 0 Å². The molecule has 0 atom stereocenters. The Hall–Kier alpha value is -3.05. The van der Waals surface area contributed by atoms with Gasteiger partial charge in [-0.15, -0.1) is 0 Å². The molecule has 0 heterocycles. The Labute approximate surface area is 162 Å². The number of para-hydroxylation sites is 1. The molecule has 0 saturated heterocycles. The molecule has 0 spiro atoms.